The number of methoxy groups -OCH3 is 1. The molecule has 0 radical (unpaired) electrons. The molecular formula is C14H14F2N2O3. The third kappa shape index (κ3) is 3.79. The number of carbonyl (C=O) groups excluding carboxylic acids is 1. The van der Waals surface area contributed by atoms with Crippen molar-refractivity contribution in [1.29, 1.82) is 0 Å². The summed E-state index contributed by atoms with van der Waals surface area (Å²) in [6.07, 6.45) is 0.993. The van der Waals surface area contributed by atoms with Crippen LogP contribution in [0.2, 0.25) is 0 Å². The quantitative estimate of drug-likeness (QED) is 0.891. The minimum atomic E-state index is -0.848. The van der Waals surface area contributed by atoms with E-state index in [1.54, 1.807) is 12.1 Å². The van der Waals surface area contributed by atoms with Gasteiger partial charge in [-0.2, -0.15) is 0 Å². The second kappa shape index (κ2) is 6.85. The summed E-state index contributed by atoms with van der Waals surface area (Å²) in [6, 6.07) is 5.97. The van der Waals surface area contributed by atoms with Crippen molar-refractivity contribution in [3.8, 4) is 0 Å². The molecular weight excluding hydrogens is 282 g/mol. The molecule has 0 saturated carbocycles. The maximum absolute atomic E-state index is 13.4. The molecule has 0 spiro atoms. The molecule has 2 rings (SSSR count). The summed E-state index contributed by atoms with van der Waals surface area (Å²) in [7, 11) is 1.46. The first-order valence-electron chi connectivity index (χ1n) is 6.17. The molecule has 0 saturated heterocycles. The van der Waals surface area contributed by atoms with Crippen LogP contribution in [0.15, 0.2) is 41.0 Å². The van der Waals surface area contributed by atoms with Crippen LogP contribution in [0, 0.1) is 11.6 Å². The highest BCUT2D eigenvalue weighted by molar-refractivity contribution is 5.89. The zero-order chi connectivity index (χ0) is 15.2. The number of nitrogens with one attached hydrogen (secondary N) is 2. The van der Waals surface area contributed by atoms with Gasteiger partial charge in [-0.3, -0.25) is 0 Å². The number of halogens is 2. The van der Waals surface area contributed by atoms with Crippen LogP contribution < -0.4 is 10.6 Å². The van der Waals surface area contributed by atoms with Crippen LogP contribution in [0.4, 0.5) is 19.3 Å². The zero-order valence-corrected chi connectivity index (χ0v) is 11.2. The van der Waals surface area contributed by atoms with E-state index >= 15 is 0 Å². The number of hydrogen-bond donors (Lipinski definition) is 2. The van der Waals surface area contributed by atoms with Gasteiger partial charge in [0.1, 0.15) is 29.2 Å². The Bertz CT molecular complexity index is 582. The number of anilines is 1. The maximum atomic E-state index is 13.4. The lowest BCUT2D eigenvalue weighted by atomic mass is 10.2. The Hall–Kier alpha value is -2.41. The molecule has 0 aliphatic rings. The summed E-state index contributed by atoms with van der Waals surface area (Å²) in [5.74, 6) is -1.16. The van der Waals surface area contributed by atoms with E-state index in [4.69, 9.17) is 9.15 Å². The zero-order valence-electron chi connectivity index (χ0n) is 11.2. The predicted molar refractivity (Wildman–Crippen MR) is 71.8 cm³/mol. The average Bonchev–Trinajstić information content (AvgIpc) is 2.98. The molecule has 0 aliphatic heterocycles. The van der Waals surface area contributed by atoms with Crippen LogP contribution >= 0.6 is 0 Å². The molecule has 0 fully saturated rings. The van der Waals surface area contributed by atoms with Crippen LogP contribution in [0.25, 0.3) is 0 Å². The molecule has 2 amide bonds. The van der Waals surface area contributed by atoms with Gasteiger partial charge in [0.2, 0.25) is 0 Å². The Balaban J connectivity index is 1.93. The van der Waals surface area contributed by atoms with Gasteiger partial charge >= 0.3 is 6.03 Å². The Morgan fingerprint density at radius 3 is 2.57 bits per heavy atom. The van der Waals surface area contributed by atoms with Gasteiger partial charge < -0.3 is 19.8 Å². The van der Waals surface area contributed by atoms with Crippen LogP contribution in [0.1, 0.15) is 11.9 Å². The second-order valence-corrected chi connectivity index (χ2v) is 4.17. The number of rotatable bonds is 5. The molecule has 1 aromatic carbocycles. The highest BCUT2D eigenvalue weighted by Crippen LogP contribution is 2.18. The summed E-state index contributed by atoms with van der Waals surface area (Å²) in [4.78, 5) is 11.7. The van der Waals surface area contributed by atoms with E-state index in [0.29, 0.717) is 5.76 Å². The van der Waals surface area contributed by atoms with Gasteiger partial charge in [-0.25, -0.2) is 13.6 Å². The molecule has 21 heavy (non-hydrogen) atoms. The maximum Gasteiger partial charge on any atom is 0.319 e. The molecule has 1 aromatic heterocycles. The number of carbonyl (C=O) groups is 1. The fourth-order valence-corrected chi connectivity index (χ4v) is 1.73. The highest BCUT2D eigenvalue weighted by atomic mass is 19.1. The Labute approximate surface area is 119 Å². The van der Waals surface area contributed by atoms with Crippen molar-refractivity contribution in [3.63, 3.8) is 0 Å². The predicted octanol–water partition coefficient (Wildman–Crippen LogP) is 3.07. The summed E-state index contributed by atoms with van der Waals surface area (Å²) in [5.41, 5.74) is -0.498. The normalized spacial score (nSPS) is 12.0. The number of hydrogen-bond acceptors (Lipinski definition) is 3. The summed E-state index contributed by atoms with van der Waals surface area (Å²) in [6.45, 7) is 0.0892. The molecule has 5 nitrogen and oxygen atoms in total. The molecule has 1 heterocycles. The number of urea groups is 1. The van der Waals surface area contributed by atoms with Gasteiger partial charge in [0.25, 0.3) is 0 Å². The number of furan rings is 1. The third-order valence-corrected chi connectivity index (χ3v) is 2.79. The first kappa shape index (κ1) is 15.0. The van der Waals surface area contributed by atoms with Gasteiger partial charge in [0.15, 0.2) is 0 Å². The fraction of sp³-hybridized carbons (Fsp3) is 0.214. The van der Waals surface area contributed by atoms with E-state index in [2.05, 4.69) is 10.6 Å². The number of benzene rings is 1. The second-order valence-electron chi connectivity index (χ2n) is 4.17. The van der Waals surface area contributed by atoms with Crippen molar-refractivity contribution < 1.29 is 22.7 Å². The van der Waals surface area contributed by atoms with Crippen LogP contribution in [-0.4, -0.2) is 19.7 Å². The summed E-state index contributed by atoms with van der Waals surface area (Å²) >= 11 is 0. The molecule has 0 bridgehead atoms. The van der Waals surface area contributed by atoms with Crippen LogP contribution in [0.5, 0.6) is 0 Å². The standard InChI is InChI=1S/C14H14F2N2O3/c1-20-12(11-6-3-7-21-11)8-17-14(19)18-13-9(15)4-2-5-10(13)16/h2-7,12H,8H2,1H3,(H2,17,18,19). The van der Waals surface area contributed by atoms with Crippen molar-refractivity contribution in [2.24, 2.45) is 0 Å². The fourth-order valence-electron chi connectivity index (χ4n) is 1.73. The van der Waals surface area contributed by atoms with Crippen molar-refractivity contribution in [1.82, 2.24) is 5.32 Å². The smallest absolute Gasteiger partial charge is 0.319 e. The van der Waals surface area contributed by atoms with Crippen molar-refractivity contribution in [2.45, 2.75) is 6.10 Å². The minimum Gasteiger partial charge on any atom is -0.467 e. The van der Waals surface area contributed by atoms with Crippen molar-refractivity contribution >= 4 is 11.7 Å². The van der Waals surface area contributed by atoms with Gasteiger partial charge in [-0.05, 0) is 24.3 Å². The summed E-state index contributed by atoms with van der Waals surface area (Å²) < 4.78 is 37.1. The highest BCUT2D eigenvalue weighted by Gasteiger charge is 2.16. The first-order chi connectivity index (χ1) is 10.1. The van der Waals surface area contributed by atoms with E-state index in [1.807, 2.05) is 0 Å². The lowest BCUT2D eigenvalue weighted by Gasteiger charge is -2.14. The largest absolute Gasteiger partial charge is 0.467 e. The molecule has 1 atom stereocenters. The number of para-hydroxylation sites is 1. The monoisotopic (exact) mass is 296 g/mol. The average molecular weight is 296 g/mol. The van der Waals surface area contributed by atoms with Crippen molar-refractivity contribution in [3.05, 3.63) is 54.0 Å². The third-order valence-electron chi connectivity index (χ3n) is 2.79. The molecule has 1 unspecified atom stereocenters. The summed E-state index contributed by atoms with van der Waals surface area (Å²) in [5, 5.41) is 4.57. The topological polar surface area (TPSA) is 63.5 Å². The van der Waals surface area contributed by atoms with Crippen molar-refractivity contribution in [2.75, 3.05) is 19.0 Å². The molecule has 0 aliphatic carbocycles. The van der Waals surface area contributed by atoms with Gasteiger partial charge in [0, 0.05) is 7.11 Å². The van der Waals surface area contributed by atoms with E-state index in [1.165, 1.54) is 19.4 Å². The van der Waals surface area contributed by atoms with E-state index in [9.17, 15) is 13.6 Å². The first-order valence-corrected chi connectivity index (χ1v) is 6.17. The molecule has 2 N–H and O–H groups in total. The molecule has 112 valence electrons. The Kier molecular flexibility index (Phi) is 4.89. The molecule has 2 aromatic rings. The Morgan fingerprint density at radius 1 is 1.29 bits per heavy atom. The van der Waals surface area contributed by atoms with Gasteiger partial charge in [0.05, 0.1) is 12.8 Å². The van der Waals surface area contributed by atoms with E-state index < -0.39 is 29.5 Å². The molecule has 7 heteroatoms. The van der Waals surface area contributed by atoms with Crippen LogP contribution in [-0.2, 0) is 4.74 Å². The number of amides is 2. The SMILES string of the molecule is COC(CNC(=O)Nc1c(F)cccc1F)c1ccco1. The lowest BCUT2D eigenvalue weighted by molar-refractivity contribution is 0.0855. The number of ether oxygens (including phenoxy) is 1. The van der Waals surface area contributed by atoms with E-state index in [0.717, 1.165) is 12.1 Å². The van der Waals surface area contributed by atoms with Gasteiger partial charge in [-0.1, -0.05) is 6.07 Å². The lowest BCUT2D eigenvalue weighted by Crippen LogP contribution is -2.33. The van der Waals surface area contributed by atoms with Crippen LogP contribution in [0.3, 0.4) is 0 Å². The van der Waals surface area contributed by atoms with E-state index in [-0.39, 0.29) is 6.54 Å². The van der Waals surface area contributed by atoms with Gasteiger partial charge in [-0.15, -0.1) is 0 Å². The Morgan fingerprint density at radius 2 is 2.00 bits per heavy atom. The minimum absolute atomic E-state index is 0.0892.